The van der Waals surface area contributed by atoms with Crippen LogP contribution in [0.25, 0.3) is 0 Å². The Labute approximate surface area is 116 Å². The summed E-state index contributed by atoms with van der Waals surface area (Å²) in [7, 11) is -3.87. The van der Waals surface area contributed by atoms with E-state index in [4.69, 9.17) is 27.1 Å². The maximum absolute atomic E-state index is 12.2. The molecule has 0 aliphatic rings. The van der Waals surface area contributed by atoms with E-state index < -0.39 is 10.0 Å². The van der Waals surface area contributed by atoms with Crippen molar-refractivity contribution in [3.8, 4) is 6.07 Å². The second kappa shape index (κ2) is 6.84. The van der Waals surface area contributed by atoms with Gasteiger partial charge in [-0.1, -0.05) is 11.6 Å². The second-order valence-corrected chi connectivity index (χ2v) is 5.95. The normalized spacial score (nSPS) is 11.5. The number of rotatable bonds is 6. The molecule has 0 saturated carbocycles. The fourth-order valence-electron chi connectivity index (χ4n) is 1.47. The Morgan fingerprint density at radius 1 is 1.26 bits per heavy atom. The van der Waals surface area contributed by atoms with Crippen molar-refractivity contribution in [2.75, 3.05) is 26.3 Å². The average Bonchev–Trinajstić information content (AvgIpc) is 2.38. The molecule has 0 saturated heterocycles. The van der Waals surface area contributed by atoms with Gasteiger partial charge in [0.1, 0.15) is 6.07 Å². The number of nitrogens with zero attached hydrogens (tertiary/aromatic N) is 2. The third-order valence-electron chi connectivity index (χ3n) is 2.39. The Morgan fingerprint density at radius 3 is 2.32 bits per heavy atom. The Hall–Kier alpha value is -1.17. The summed E-state index contributed by atoms with van der Waals surface area (Å²) in [6.45, 7) is -0.989. The fourth-order valence-corrected chi connectivity index (χ4v) is 3.08. The van der Waals surface area contributed by atoms with Gasteiger partial charge in [-0.25, -0.2) is 8.42 Å². The highest BCUT2D eigenvalue weighted by Gasteiger charge is 2.24. The molecule has 0 aliphatic carbocycles. The Bertz CT molecular complexity index is 577. The number of hydrogen-bond acceptors (Lipinski definition) is 5. The van der Waals surface area contributed by atoms with Crippen LogP contribution in [0.2, 0.25) is 5.02 Å². The minimum Gasteiger partial charge on any atom is -0.395 e. The first kappa shape index (κ1) is 15.9. The highest BCUT2D eigenvalue weighted by molar-refractivity contribution is 7.89. The van der Waals surface area contributed by atoms with Gasteiger partial charge in [-0.3, -0.25) is 0 Å². The maximum atomic E-state index is 12.2. The van der Waals surface area contributed by atoms with E-state index in [-0.39, 0.29) is 41.8 Å². The number of sulfonamides is 1. The standard InChI is InChI=1S/C11H13ClN2O4S/c12-11-2-1-10(7-9(11)8-13)19(17,18)14(3-5-15)4-6-16/h1-2,7,15-16H,3-6H2. The fraction of sp³-hybridized carbons (Fsp3) is 0.364. The topological polar surface area (TPSA) is 102 Å². The van der Waals surface area contributed by atoms with Crippen LogP contribution in [0.4, 0.5) is 0 Å². The number of aliphatic hydroxyl groups excluding tert-OH is 2. The van der Waals surface area contributed by atoms with Crippen LogP contribution in [0.3, 0.4) is 0 Å². The molecule has 1 aromatic carbocycles. The summed E-state index contributed by atoms with van der Waals surface area (Å²) >= 11 is 5.74. The zero-order valence-corrected chi connectivity index (χ0v) is 11.5. The highest BCUT2D eigenvalue weighted by Crippen LogP contribution is 2.22. The minimum absolute atomic E-state index is 0.0516. The molecule has 0 bridgehead atoms. The molecule has 0 aromatic heterocycles. The van der Waals surface area contributed by atoms with Crippen LogP contribution >= 0.6 is 11.6 Å². The van der Waals surface area contributed by atoms with Crippen molar-refractivity contribution >= 4 is 21.6 Å². The Balaban J connectivity index is 3.22. The molecule has 0 spiro atoms. The molecule has 0 radical (unpaired) electrons. The summed E-state index contributed by atoms with van der Waals surface area (Å²) in [5, 5.41) is 26.7. The molecule has 0 atom stereocenters. The van der Waals surface area contributed by atoms with E-state index in [9.17, 15) is 8.42 Å². The van der Waals surface area contributed by atoms with Crippen LogP contribution in [-0.2, 0) is 10.0 Å². The van der Waals surface area contributed by atoms with E-state index in [1.807, 2.05) is 0 Å². The molecule has 104 valence electrons. The molecule has 0 heterocycles. The highest BCUT2D eigenvalue weighted by atomic mass is 35.5. The number of hydrogen-bond donors (Lipinski definition) is 2. The number of nitriles is 1. The molecule has 0 amide bonds. The molecule has 1 rings (SSSR count). The van der Waals surface area contributed by atoms with Crippen molar-refractivity contribution in [1.82, 2.24) is 4.31 Å². The summed E-state index contributed by atoms with van der Waals surface area (Å²) < 4.78 is 25.4. The first-order chi connectivity index (χ1) is 8.97. The number of aliphatic hydroxyl groups is 2. The molecule has 6 nitrogen and oxygen atoms in total. The lowest BCUT2D eigenvalue weighted by molar-refractivity contribution is 0.217. The molecule has 0 unspecified atom stereocenters. The van der Waals surface area contributed by atoms with E-state index in [1.54, 1.807) is 6.07 Å². The van der Waals surface area contributed by atoms with E-state index >= 15 is 0 Å². The van der Waals surface area contributed by atoms with Gasteiger partial charge in [-0.2, -0.15) is 9.57 Å². The largest absolute Gasteiger partial charge is 0.395 e. The summed E-state index contributed by atoms with van der Waals surface area (Å²) in [6.07, 6.45) is 0. The lowest BCUT2D eigenvalue weighted by Gasteiger charge is -2.20. The van der Waals surface area contributed by atoms with Gasteiger partial charge in [0.2, 0.25) is 10.0 Å². The lowest BCUT2D eigenvalue weighted by atomic mass is 10.2. The molecule has 8 heteroatoms. The monoisotopic (exact) mass is 304 g/mol. The maximum Gasteiger partial charge on any atom is 0.243 e. The zero-order valence-electron chi connectivity index (χ0n) is 9.95. The van der Waals surface area contributed by atoms with Crippen molar-refractivity contribution in [3.63, 3.8) is 0 Å². The van der Waals surface area contributed by atoms with Gasteiger partial charge < -0.3 is 10.2 Å². The van der Waals surface area contributed by atoms with Crippen molar-refractivity contribution in [2.24, 2.45) is 0 Å². The summed E-state index contributed by atoms with van der Waals surface area (Å²) in [4.78, 5) is -0.102. The molecule has 0 fully saturated rings. The molecule has 2 N–H and O–H groups in total. The Morgan fingerprint density at radius 2 is 1.84 bits per heavy atom. The van der Waals surface area contributed by atoms with E-state index in [1.165, 1.54) is 18.2 Å². The average molecular weight is 305 g/mol. The van der Waals surface area contributed by atoms with Gasteiger partial charge in [0.25, 0.3) is 0 Å². The number of halogens is 1. The van der Waals surface area contributed by atoms with Gasteiger partial charge >= 0.3 is 0 Å². The van der Waals surface area contributed by atoms with Gasteiger partial charge in [-0.05, 0) is 18.2 Å². The van der Waals surface area contributed by atoms with Crippen LogP contribution < -0.4 is 0 Å². The van der Waals surface area contributed by atoms with Crippen LogP contribution in [0, 0.1) is 11.3 Å². The summed E-state index contributed by atoms with van der Waals surface area (Å²) in [5.41, 5.74) is 0.0516. The van der Waals surface area contributed by atoms with Crippen molar-refractivity contribution < 1.29 is 18.6 Å². The van der Waals surface area contributed by atoms with Crippen molar-refractivity contribution in [2.45, 2.75) is 4.90 Å². The Kier molecular flexibility index (Phi) is 5.72. The molecular weight excluding hydrogens is 292 g/mol. The zero-order chi connectivity index (χ0) is 14.5. The van der Waals surface area contributed by atoms with Crippen LogP contribution in [-0.4, -0.2) is 49.2 Å². The van der Waals surface area contributed by atoms with E-state index in [0.29, 0.717) is 0 Å². The van der Waals surface area contributed by atoms with Gasteiger partial charge in [-0.15, -0.1) is 0 Å². The lowest BCUT2D eigenvalue weighted by Crippen LogP contribution is -2.35. The molecular formula is C11H13ClN2O4S. The first-order valence-corrected chi connectivity index (χ1v) is 7.20. The summed E-state index contributed by atoms with van der Waals surface area (Å²) in [5.74, 6) is 0. The second-order valence-electron chi connectivity index (χ2n) is 3.60. The SMILES string of the molecule is N#Cc1cc(S(=O)(=O)N(CCO)CCO)ccc1Cl. The quantitative estimate of drug-likeness (QED) is 0.781. The van der Waals surface area contributed by atoms with Crippen LogP contribution in [0.5, 0.6) is 0 Å². The molecule has 1 aromatic rings. The van der Waals surface area contributed by atoms with Gasteiger partial charge in [0.05, 0.1) is 28.7 Å². The van der Waals surface area contributed by atoms with E-state index in [0.717, 1.165) is 4.31 Å². The summed E-state index contributed by atoms with van der Waals surface area (Å²) in [6, 6.07) is 5.56. The van der Waals surface area contributed by atoms with Crippen molar-refractivity contribution in [1.29, 1.82) is 5.26 Å². The van der Waals surface area contributed by atoms with E-state index in [2.05, 4.69) is 0 Å². The molecule has 19 heavy (non-hydrogen) atoms. The number of benzene rings is 1. The predicted octanol–water partition coefficient (Wildman–Crippen LogP) is 0.187. The predicted molar refractivity (Wildman–Crippen MR) is 69.1 cm³/mol. The molecule has 0 aliphatic heterocycles. The van der Waals surface area contributed by atoms with Gasteiger partial charge in [0.15, 0.2) is 0 Å². The van der Waals surface area contributed by atoms with Crippen LogP contribution in [0.1, 0.15) is 5.56 Å². The van der Waals surface area contributed by atoms with Crippen molar-refractivity contribution in [3.05, 3.63) is 28.8 Å². The third-order valence-corrected chi connectivity index (χ3v) is 4.62. The third kappa shape index (κ3) is 3.65. The van der Waals surface area contributed by atoms with Gasteiger partial charge in [0, 0.05) is 13.1 Å². The first-order valence-electron chi connectivity index (χ1n) is 5.39. The minimum atomic E-state index is -3.87. The smallest absolute Gasteiger partial charge is 0.243 e. The van der Waals surface area contributed by atoms with Crippen LogP contribution in [0.15, 0.2) is 23.1 Å².